The van der Waals surface area contributed by atoms with Crippen molar-refractivity contribution in [1.82, 2.24) is 42.5 Å². The van der Waals surface area contributed by atoms with E-state index in [0.717, 1.165) is 50.2 Å². The standard InChI is InChI=1S/C35H44N4O9S.C35H42N4O6.CH4.2Na.O3S.H/c1-22(2)18-28(32(41)38-30(34(43)49(45,46)47)20-26-15-9-17-36-31(26)40)37-33(42)29(39-35(44)48-21-23-10-4-3-5-11-23)19-25-14-8-13-24-12-6-7-16-27(24)25;1-23(2)18-30(33(42)37-28(21-40)19-27-15-9-17-36-32(27)41)38-34(43)31(39-35(44)45-22-24-10-4-3-5-11-24)20-26-14-8-13-25-12-6-7-16-29(25)26;;;;1-4(2)3;/h3-8,10-14,16,22,26,28-30,34,43H,9,15,17-21H2,1-2H3,(H,36,40)(H,37,42)(H,38,41)(H,39,44)(H,45,46,47);3-8,10-14,16,21,23,27-28,30-31H,9,15,17-20,22H2,1-2H3,(H,36,41)(H,37,42)(H,38,43)(H,39,44);1H4;;;;/q;;;2*+1;;-1/p-1/t26-,28-,29-,30-,34?;27-,28-,30-,31-;;;;;/m00...../s1. The first-order valence-electron chi connectivity index (χ1n) is 32.3. The predicted molar refractivity (Wildman–Crippen MR) is 369 cm³/mol. The summed E-state index contributed by atoms with van der Waals surface area (Å²) >= 11 is 0. The molecule has 30 heteroatoms. The summed E-state index contributed by atoms with van der Waals surface area (Å²) in [4.78, 5) is 117. The molecule has 0 radical (unpaired) electrons. The number of nitrogens with one attached hydrogen (secondary N) is 8. The molecule has 101 heavy (non-hydrogen) atoms. The second-order valence-corrected chi connectivity index (χ2v) is 26.6. The van der Waals surface area contributed by atoms with E-state index in [1.54, 1.807) is 38.1 Å². The molecule has 0 aromatic heterocycles. The molecule has 2 saturated heterocycles. The molecule has 536 valence electrons. The number of fused-ring (bicyclic) bond motifs is 2. The second kappa shape index (κ2) is 44.7. The third-order valence-corrected chi connectivity index (χ3v) is 17.2. The monoisotopic (exact) mass is 1450 g/mol. The summed E-state index contributed by atoms with van der Waals surface area (Å²) in [5.41, 5.74) is 0.604. The summed E-state index contributed by atoms with van der Waals surface area (Å²) in [5.74, 6) is -4.41. The van der Waals surface area contributed by atoms with Gasteiger partial charge in [-0.2, -0.15) is 0 Å². The van der Waals surface area contributed by atoms with Crippen LogP contribution in [0.15, 0.2) is 146 Å². The van der Waals surface area contributed by atoms with Crippen molar-refractivity contribution in [2.45, 2.75) is 154 Å². The number of aldehydes is 1. The van der Waals surface area contributed by atoms with Crippen LogP contribution in [0.1, 0.15) is 110 Å². The fourth-order valence-corrected chi connectivity index (χ4v) is 12.0. The topological polar surface area (TPSA) is 397 Å². The molecule has 0 spiro atoms. The van der Waals surface area contributed by atoms with Crippen LogP contribution in [0, 0.1) is 23.7 Å². The van der Waals surface area contributed by atoms with Gasteiger partial charge in [0.25, 0.3) is 0 Å². The molecule has 1 unspecified atom stereocenters. The largest absolute Gasteiger partial charge is 1.00 e. The van der Waals surface area contributed by atoms with E-state index in [9.17, 15) is 61.2 Å². The van der Waals surface area contributed by atoms with Crippen LogP contribution in [-0.2, 0) is 89.8 Å². The molecule has 6 aromatic carbocycles. The minimum Gasteiger partial charge on any atom is -1.00 e. The zero-order valence-electron chi connectivity index (χ0n) is 57.9. The van der Waals surface area contributed by atoms with Gasteiger partial charge in [-0.3, -0.25) is 28.8 Å². The maximum atomic E-state index is 13.9. The van der Waals surface area contributed by atoms with Gasteiger partial charge in [-0.05, 0) is 107 Å². The molecule has 0 saturated carbocycles. The van der Waals surface area contributed by atoms with Gasteiger partial charge in [-0.25, -0.2) is 18.0 Å². The number of hydrogen-bond acceptors (Lipinski definition) is 18. The van der Waals surface area contributed by atoms with Crippen LogP contribution in [0.2, 0.25) is 0 Å². The summed E-state index contributed by atoms with van der Waals surface area (Å²) in [6.07, 6.45) is 1.87. The number of hydrogen-bond donors (Lipinski definition) is 9. The van der Waals surface area contributed by atoms with Crippen molar-refractivity contribution in [3.8, 4) is 0 Å². The number of amides is 8. The molecule has 9 N–H and O–H groups in total. The third-order valence-electron chi connectivity index (χ3n) is 16.3. The minimum absolute atomic E-state index is 0. The van der Waals surface area contributed by atoms with E-state index in [4.69, 9.17) is 22.1 Å². The molecular formula is C71H90N8Na2O18S2. The summed E-state index contributed by atoms with van der Waals surface area (Å²) in [6.45, 7) is 8.47. The first kappa shape index (κ1) is 87.6. The van der Waals surface area contributed by atoms with E-state index in [1.807, 2.05) is 135 Å². The molecule has 8 amide bonds. The van der Waals surface area contributed by atoms with Gasteiger partial charge in [0.1, 0.15) is 53.8 Å². The van der Waals surface area contributed by atoms with Gasteiger partial charge < -0.3 is 67.9 Å². The van der Waals surface area contributed by atoms with Gasteiger partial charge >= 0.3 is 81.9 Å². The molecule has 8 rings (SSSR count). The first-order chi connectivity index (χ1) is 46.8. The Balaban J connectivity index is 0.000000636. The quantitative estimate of drug-likeness (QED) is 0.0170. The Bertz CT molecular complexity index is 3930. The van der Waals surface area contributed by atoms with E-state index in [-0.39, 0.29) is 143 Å². The van der Waals surface area contributed by atoms with Gasteiger partial charge in [0.05, 0.1) is 12.1 Å². The Kier molecular flexibility index (Phi) is 38.7. The number of aliphatic hydroxyl groups excluding tert-OH is 1. The van der Waals surface area contributed by atoms with E-state index < -0.39 is 104 Å². The van der Waals surface area contributed by atoms with Crippen LogP contribution in [0.5, 0.6) is 0 Å². The zero-order chi connectivity index (χ0) is 71.3. The van der Waals surface area contributed by atoms with Gasteiger partial charge in [0, 0.05) is 37.8 Å². The molecule has 26 nitrogen and oxygen atoms in total. The normalized spacial score (nSPS) is 16.0. The number of benzene rings is 6. The smallest absolute Gasteiger partial charge is 1.00 e. The molecule has 6 aromatic rings. The van der Waals surface area contributed by atoms with E-state index in [1.165, 1.54) is 0 Å². The Hall–Kier alpha value is -7.64. The van der Waals surface area contributed by atoms with Crippen molar-refractivity contribution >= 4 is 96.2 Å². The van der Waals surface area contributed by atoms with Crippen molar-refractivity contribution in [2.75, 3.05) is 13.1 Å². The van der Waals surface area contributed by atoms with Crippen LogP contribution in [0.3, 0.4) is 0 Å². The summed E-state index contributed by atoms with van der Waals surface area (Å²) in [6, 6.07) is 37.8. The summed E-state index contributed by atoms with van der Waals surface area (Å²) in [5, 5.41) is 35.6. The Morgan fingerprint density at radius 2 is 0.921 bits per heavy atom. The summed E-state index contributed by atoms with van der Waals surface area (Å²) in [7, 11) is -8.39. The molecule has 0 bridgehead atoms. The van der Waals surface area contributed by atoms with E-state index in [0.29, 0.717) is 45.1 Å². The van der Waals surface area contributed by atoms with E-state index in [2.05, 4.69) is 42.5 Å². The van der Waals surface area contributed by atoms with Crippen molar-refractivity contribution < 1.29 is 144 Å². The average Bonchev–Trinajstić information content (AvgIpc) is 0.843. The second-order valence-electron chi connectivity index (χ2n) is 24.8. The number of piperidine rings is 2. The van der Waals surface area contributed by atoms with Crippen LogP contribution in [-0.4, -0.2) is 139 Å². The number of carbonyl (C=O) groups excluding carboxylic acids is 9. The zero-order valence-corrected chi connectivity index (χ0v) is 62.5. The van der Waals surface area contributed by atoms with Gasteiger partial charge in [0.15, 0.2) is 5.44 Å². The number of rotatable bonds is 29. The first-order valence-corrected chi connectivity index (χ1v) is 34.7. The minimum atomic E-state index is -5.28. The van der Waals surface area contributed by atoms with Crippen molar-refractivity contribution in [3.63, 3.8) is 0 Å². The fourth-order valence-electron chi connectivity index (χ4n) is 11.5. The summed E-state index contributed by atoms with van der Waals surface area (Å²) < 4.78 is 71.6. The molecule has 9 atom stereocenters. The maximum absolute atomic E-state index is 13.9. The van der Waals surface area contributed by atoms with Crippen LogP contribution in [0.25, 0.3) is 21.5 Å². The molecule has 0 aliphatic carbocycles. The molecule has 2 aliphatic heterocycles. The molecular weight excluding hydrogens is 1360 g/mol. The van der Waals surface area contributed by atoms with Crippen molar-refractivity contribution in [2.24, 2.45) is 23.7 Å². The SMILES string of the molecule is C.CC(C)C[C@H](NC(=O)[C@H](Cc1cccc2ccccc12)NC(=O)OCc1ccccc1)C(=O)N[C@@H](C[C@@H]1CCCNC1=O)C(O)S(=O)(=O)[O-].CC(C)C[C@H](NC(=O)[C@H](Cc1cccc2ccccc12)NC(=O)OCc1ccccc1)C(=O)N[C@H](C=O)C[C@@H]1CCCNC1=O.O=S(=O)=O.[H-].[Na+].[Na+]. The Morgan fingerprint density at radius 3 is 1.31 bits per heavy atom. The fraction of sp³-hybridized carbons (Fsp3) is 0.423. The van der Waals surface area contributed by atoms with Crippen LogP contribution < -0.4 is 102 Å². The Labute approximate surface area is 636 Å². The third kappa shape index (κ3) is 30.1. The molecule has 2 aliphatic rings. The van der Waals surface area contributed by atoms with Crippen LogP contribution in [0.4, 0.5) is 9.59 Å². The van der Waals surface area contributed by atoms with Crippen molar-refractivity contribution in [3.05, 3.63) is 168 Å². The van der Waals surface area contributed by atoms with Gasteiger partial charge in [0.2, 0.25) is 35.4 Å². The van der Waals surface area contributed by atoms with Crippen LogP contribution >= 0.6 is 0 Å². The Morgan fingerprint density at radius 1 is 0.554 bits per heavy atom. The number of alkyl carbamates (subject to hydrolysis) is 2. The van der Waals surface area contributed by atoms with E-state index >= 15 is 0 Å². The predicted octanol–water partition coefficient (Wildman–Crippen LogP) is 0.0336. The number of carbonyl (C=O) groups is 9. The number of aliphatic hydroxyl groups is 1. The van der Waals surface area contributed by atoms with Crippen molar-refractivity contribution in [1.29, 1.82) is 0 Å². The molecule has 2 fully saturated rings. The maximum Gasteiger partial charge on any atom is 1.00 e. The number of ether oxygens (including phenoxy) is 2. The van der Waals surface area contributed by atoms with Gasteiger partial charge in [-0.15, -0.1) is 12.6 Å². The average molecular weight is 1450 g/mol. The molecule has 2 heterocycles. The van der Waals surface area contributed by atoms with Gasteiger partial charge in [-0.1, -0.05) is 181 Å².